The number of hydrogen-bond acceptors (Lipinski definition) is 4. The number of rotatable bonds is 4. The maximum Gasteiger partial charge on any atom is 0.251 e. The van der Waals surface area contributed by atoms with Crippen LogP contribution in [0.3, 0.4) is 0 Å². The van der Waals surface area contributed by atoms with Crippen LogP contribution in [-0.2, 0) is 16.4 Å². The predicted octanol–water partition coefficient (Wildman–Crippen LogP) is 0.170. The van der Waals surface area contributed by atoms with E-state index >= 15 is 0 Å². The summed E-state index contributed by atoms with van der Waals surface area (Å²) in [5.74, 6) is -0.209. The molecule has 2 aliphatic rings. The van der Waals surface area contributed by atoms with E-state index in [1.165, 1.54) is 6.07 Å². The van der Waals surface area contributed by atoms with Crippen LogP contribution in [0.2, 0.25) is 0 Å². The lowest BCUT2D eigenvalue weighted by molar-refractivity contribution is 0.0945. The molecule has 2 heterocycles. The van der Waals surface area contributed by atoms with E-state index in [4.69, 9.17) is 0 Å². The average molecular weight is 321 g/mol. The van der Waals surface area contributed by atoms with Gasteiger partial charge in [0.25, 0.3) is 5.91 Å². The third kappa shape index (κ3) is 3.21. The van der Waals surface area contributed by atoms with E-state index in [0.717, 1.165) is 37.1 Å². The van der Waals surface area contributed by atoms with Crippen LogP contribution in [0.15, 0.2) is 34.7 Å². The first-order valence-corrected chi connectivity index (χ1v) is 8.84. The number of carbonyl (C=O) groups excluding carboxylic acids is 1. The maximum absolute atomic E-state index is 12.4. The number of sulfonamides is 1. The van der Waals surface area contributed by atoms with Crippen molar-refractivity contribution in [2.75, 3.05) is 26.2 Å². The maximum atomic E-state index is 12.4. The smallest absolute Gasteiger partial charge is 0.251 e. The van der Waals surface area contributed by atoms with E-state index in [2.05, 4.69) is 15.4 Å². The molecule has 1 aromatic carbocycles. The van der Waals surface area contributed by atoms with Gasteiger partial charge in [-0.1, -0.05) is 17.7 Å². The van der Waals surface area contributed by atoms with Crippen LogP contribution in [0.5, 0.6) is 0 Å². The van der Waals surface area contributed by atoms with Crippen molar-refractivity contribution in [3.63, 3.8) is 0 Å². The fourth-order valence-electron chi connectivity index (χ4n) is 2.66. The molecule has 0 atom stereocenters. The molecule has 0 saturated carbocycles. The fraction of sp³-hybridized carbons (Fsp3) is 0.400. The average Bonchev–Trinajstić information content (AvgIpc) is 2.54. The molecule has 0 fully saturated rings. The molecule has 0 spiro atoms. The summed E-state index contributed by atoms with van der Waals surface area (Å²) in [7, 11) is -3.61. The van der Waals surface area contributed by atoms with E-state index in [0.29, 0.717) is 18.7 Å². The van der Waals surface area contributed by atoms with Gasteiger partial charge in [-0.3, -0.25) is 4.79 Å². The molecule has 2 aliphatic heterocycles. The highest BCUT2D eigenvalue weighted by Gasteiger charge is 2.21. The quantitative estimate of drug-likeness (QED) is 0.690. The molecule has 0 aromatic heterocycles. The molecule has 6 nitrogen and oxygen atoms in total. The van der Waals surface area contributed by atoms with Crippen LogP contribution >= 0.6 is 0 Å². The summed E-state index contributed by atoms with van der Waals surface area (Å²) < 4.78 is 27.4. The van der Waals surface area contributed by atoms with E-state index in [9.17, 15) is 13.2 Å². The first kappa shape index (κ1) is 15.2. The summed E-state index contributed by atoms with van der Waals surface area (Å²) in [5, 5.41) is 5.91. The molecule has 0 unspecified atom stereocenters. The monoisotopic (exact) mass is 321 g/mol. The van der Waals surface area contributed by atoms with Crippen molar-refractivity contribution in [2.45, 2.75) is 17.7 Å². The minimum Gasteiger partial charge on any atom is -0.352 e. The lowest BCUT2D eigenvalue weighted by Crippen LogP contribution is -2.33. The molecule has 118 valence electrons. The van der Waals surface area contributed by atoms with E-state index in [1.54, 1.807) is 12.1 Å². The SMILES string of the molecule is O=C1NCCc2ccc(S(=O)(=O)NCC3=CCNCC3)cc21. The van der Waals surface area contributed by atoms with Crippen LogP contribution in [0.25, 0.3) is 0 Å². The summed E-state index contributed by atoms with van der Waals surface area (Å²) in [6, 6.07) is 4.76. The third-order valence-electron chi connectivity index (χ3n) is 3.96. The summed E-state index contributed by atoms with van der Waals surface area (Å²) in [5.41, 5.74) is 2.43. The zero-order chi connectivity index (χ0) is 15.6. The van der Waals surface area contributed by atoms with Gasteiger partial charge in [0.1, 0.15) is 0 Å². The molecule has 3 rings (SSSR count). The second-order valence-electron chi connectivity index (χ2n) is 5.47. The van der Waals surface area contributed by atoms with Gasteiger partial charge >= 0.3 is 0 Å². The molecule has 0 saturated heterocycles. The Morgan fingerprint density at radius 2 is 2.05 bits per heavy atom. The topological polar surface area (TPSA) is 87.3 Å². The second kappa shape index (κ2) is 6.20. The molecular weight excluding hydrogens is 302 g/mol. The Kier molecular flexibility index (Phi) is 4.28. The van der Waals surface area contributed by atoms with Crippen molar-refractivity contribution in [1.82, 2.24) is 15.4 Å². The van der Waals surface area contributed by atoms with Gasteiger partial charge in [0.15, 0.2) is 0 Å². The van der Waals surface area contributed by atoms with Gasteiger partial charge in [-0.2, -0.15) is 0 Å². The molecule has 0 aliphatic carbocycles. The molecule has 22 heavy (non-hydrogen) atoms. The number of benzene rings is 1. The molecule has 0 radical (unpaired) electrons. The van der Waals surface area contributed by atoms with Gasteiger partial charge in [-0.25, -0.2) is 13.1 Å². The molecule has 3 N–H and O–H groups in total. The first-order chi connectivity index (χ1) is 10.6. The normalized spacial score (nSPS) is 18.4. The van der Waals surface area contributed by atoms with Crippen molar-refractivity contribution in [2.24, 2.45) is 0 Å². The van der Waals surface area contributed by atoms with E-state index in [1.807, 2.05) is 6.08 Å². The van der Waals surface area contributed by atoms with Crippen molar-refractivity contribution in [3.8, 4) is 0 Å². The Bertz CT molecular complexity index is 726. The van der Waals surface area contributed by atoms with Gasteiger partial charge in [0.2, 0.25) is 10.0 Å². The fourth-order valence-corrected chi connectivity index (χ4v) is 3.72. The lowest BCUT2D eigenvalue weighted by atomic mass is 10.0. The molecular formula is C15H19N3O3S. The minimum absolute atomic E-state index is 0.137. The summed E-state index contributed by atoms with van der Waals surface area (Å²) >= 11 is 0. The van der Waals surface area contributed by atoms with Crippen LogP contribution in [0.1, 0.15) is 22.3 Å². The van der Waals surface area contributed by atoms with Crippen molar-refractivity contribution in [3.05, 3.63) is 41.0 Å². The Morgan fingerprint density at radius 3 is 2.82 bits per heavy atom. The number of amides is 1. The highest BCUT2D eigenvalue weighted by atomic mass is 32.2. The highest BCUT2D eigenvalue weighted by molar-refractivity contribution is 7.89. The molecule has 1 amide bonds. The molecule has 1 aromatic rings. The number of carbonyl (C=O) groups is 1. The Hall–Kier alpha value is -1.70. The Labute approximate surface area is 130 Å². The lowest BCUT2D eigenvalue weighted by Gasteiger charge is -2.18. The number of nitrogens with one attached hydrogen (secondary N) is 3. The summed E-state index contributed by atoms with van der Waals surface area (Å²) in [6.07, 6.45) is 3.58. The third-order valence-corrected chi connectivity index (χ3v) is 5.36. The first-order valence-electron chi connectivity index (χ1n) is 7.36. The van der Waals surface area contributed by atoms with Gasteiger partial charge in [0, 0.05) is 25.2 Å². The van der Waals surface area contributed by atoms with Gasteiger partial charge < -0.3 is 10.6 Å². The van der Waals surface area contributed by atoms with Crippen LogP contribution in [-0.4, -0.2) is 40.5 Å². The minimum atomic E-state index is -3.61. The Balaban J connectivity index is 1.78. The van der Waals surface area contributed by atoms with Gasteiger partial charge in [-0.15, -0.1) is 0 Å². The highest BCUT2D eigenvalue weighted by Crippen LogP contribution is 2.19. The van der Waals surface area contributed by atoms with Crippen LogP contribution in [0, 0.1) is 0 Å². The van der Waals surface area contributed by atoms with Crippen LogP contribution in [0.4, 0.5) is 0 Å². The largest absolute Gasteiger partial charge is 0.352 e. The summed E-state index contributed by atoms with van der Waals surface area (Å²) in [4.78, 5) is 12.0. The molecule has 7 heteroatoms. The summed E-state index contributed by atoms with van der Waals surface area (Å²) in [6.45, 7) is 2.55. The van der Waals surface area contributed by atoms with Crippen LogP contribution < -0.4 is 15.4 Å². The van der Waals surface area contributed by atoms with E-state index in [-0.39, 0.29) is 10.8 Å². The van der Waals surface area contributed by atoms with Gasteiger partial charge in [-0.05, 0) is 37.1 Å². The number of fused-ring (bicyclic) bond motifs is 1. The predicted molar refractivity (Wildman–Crippen MR) is 83.2 cm³/mol. The second-order valence-corrected chi connectivity index (χ2v) is 7.23. The van der Waals surface area contributed by atoms with E-state index < -0.39 is 10.0 Å². The van der Waals surface area contributed by atoms with Crippen molar-refractivity contribution in [1.29, 1.82) is 0 Å². The Morgan fingerprint density at radius 1 is 1.18 bits per heavy atom. The van der Waals surface area contributed by atoms with Gasteiger partial charge in [0.05, 0.1) is 4.90 Å². The number of hydrogen-bond donors (Lipinski definition) is 3. The van der Waals surface area contributed by atoms with Crippen molar-refractivity contribution >= 4 is 15.9 Å². The standard InChI is InChI=1S/C15H19N3O3S/c19-15-14-9-13(2-1-12(14)5-8-17-15)22(20,21)18-10-11-3-6-16-7-4-11/h1-3,9,16,18H,4-8,10H2,(H,17,19). The zero-order valence-electron chi connectivity index (χ0n) is 12.2. The molecule has 0 bridgehead atoms. The van der Waals surface area contributed by atoms with Crippen molar-refractivity contribution < 1.29 is 13.2 Å². The zero-order valence-corrected chi connectivity index (χ0v) is 13.0.